The number of thiazole rings is 1. The van der Waals surface area contributed by atoms with Crippen molar-refractivity contribution in [2.24, 2.45) is 0 Å². The van der Waals surface area contributed by atoms with Crippen LogP contribution in [0.15, 0.2) is 24.4 Å². The molecule has 2 aromatic rings. The van der Waals surface area contributed by atoms with Gasteiger partial charge in [-0.1, -0.05) is 0 Å². The highest BCUT2D eigenvalue weighted by molar-refractivity contribution is 7.11. The third-order valence-corrected chi connectivity index (χ3v) is 3.94. The SMILES string of the molecule is COc1ccc(C(=O)NC(C)c2ncc(C)s2)cc1N. The zero-order valence-corrected chi connectivity index (χ0v) is 12.5. The van der Waals surface area contributed by atoms with Gasteiger partial charge in [0.15, 0.2) is 0 Å². The highest BCUT2D eigenvalue weighted by atomic mass is 32.1. The number of aromatic nitrogens is 1. The molecule has 6 heteroatoms. The maximum absolute atomic E-state index is 12.2. The van der Waals surface area contributed by atoms with E-state index in [-0.39, 0.29) is 11.9 Å². The number of hydrogen-bond donors (Lipinski definition) is 2. The van der Waals surface area contributed by atoms with Gasteiger partial charge in [0, 0.05) is 16.6 Å². The monoisotopic (exact) mass is 291 g/mol. The lowest BCUT2D eigenvalue weighted by atomic mass is 10.1. The predicted molar refractivity (Wildman–Crippen MR) is 80.1 cm³/mol. The van der Waals surface area contributed by atoms with Gasteiger partial charge >= 0.3 is 0 Å². The minimum absolute atomic E-state index is 0.135. The van der Waals surface area contributed by atoms with Crippen LogP contribution >= 0.6 is 11.3 Å². The molecule has 0 spiro atoms. The second-order valence-electron chi connectivity index (χ2n) is 4.46. The number of amides is 1. The summed E-state index contributed by atoms with van der Waals surface area (Å²) < 4.78 is 5.07. The fourth-order valence-corrected chi connectivity index (χ4v) is 2.57. The molecule has 0 aliphatic carbocycles. The first kappa shape index (κ1) is 14.3. The highest BCUT2D eigenvalue weighted by Crippen LogP contribution is 2.23. The van der Waals surface area contributed by atoms with E-state index in [1.165, 1.54) is 7.11 Å². The van der Waals surface area contributed by atoms with E-state index in [0.29, 0.717) is 17.0 Å². The van der Waals surface area contributed by atoms with Gasteiger partial charge in [-0.3, -0.25) is 4.79 Å². The zero-order chi connectivity index (χ0) is 14.7. The number of methoxy groups -OCH3 is 1. The van der Waals surface area contributed by atoms with E-state index < -0.39 is 0 Å². The lowest BCUT2D eigenvalue weighted by Crippen LogP contribution is -2.26. The first-order valence-electron chi connectivity index (χ1n) is 6.18. The first-order chi connectivity index (χ1) is 9.51. The molecule has 106 valence electrons. The van der Waals surface area contributed by atoms with Gasteiger partial charge < -0.3 is 15.8 Å². The highest BCUT2D eigenvalue weighted by Gasteiger charge is 2.15. The fourth-order valence-electron chi connectivity index (χ4n) is 1.79. The number of rotatable bonds is 4. The maximum atomic E-state index is 12.2. The number of nitrogens with two attached hydrogens (primary N) is 1. The molecule has 0 aliphatic heterocycles. The zero-order valence-electron chi connectivity index (χ0n) is 11.6. The molecule has 0 saturated carbocycles. The number of nitrogens with zero attached hydrogens (tertiary/aromatic N) is 1. The average Bonchev–Trinajstić information content (AvgIpc) is 2.85. The van der Waals surface area contributed by atoms with Crippen LogP contribution in [-0.4, -0.2) is 18.0 Å². The van der Waals surface area contributed by atoms with E-state index in [4.69, 9.17) is 10.5 Å². The summed E-state index contributed by atoms with van der Waals surface area (Å²) in [5.74, 6) is 0.379. The number of carbonyl (C=O) groups is 1. The summed E-state index contributed by atoms with van der Waals surface area (Å²) in [6, 6.07) is 4.84. The van der Waals surface area contributed by atoms with Gasteiger partial charge in [-0.2, -0.15) is 0 Å². The second kappa shape index (κ2) is 5.92. The number of ether oxygens (including phenoxy) is 1. The van der Waals surface area contributed by atoms with E-state index in [1.807, 2.05) is 13.8 Å². The molecule has 0 radical (unpaired) electrons. The number of anilines is 1. The van der Waals surface area contributed by atoms with Gasteiger partial charge in [-0.25, -0.2) is 4.98 Å². The van der Waals surface area contributed by atoms with Crippen molar-refractivity contribution in [3.8, 4) is 5.75 Å². The second-order valence-corrected chi connectivity index (χ2v) is 5.73. The number of carbonyl (C=O) groups excluding carboxylic acids is 1. The van der Waals surface area contributed by atoms with Gasteiger partial charge in [-0.05, 0) is 32.0 Å². The third-order valence-electron chi connectivity index (χ3n) is 2.85. The van der Waals surface area contributed by atoms with E-state index in [2.05, 4.69) is 10.3 Å². The van der Waals surface area contributed by atoms with Gasteiger partial charge in [0.2, 0.25) is 0 Å². The Labute approximate surface area is 121 Å². The van der Waals surface area contributed by atoms with E-state index in [9.17, 15) is 4.79 Å². The largest absolute Gasteiger partial charge is 0.495 e. The van der Waals surface area contributed by atoms with Crippen molar-refractivity contribution in [1.29, 1.82) is 0 Å². The van der Waals surface area contributed by atoms with Crippen LogP contribution in [0.3, 0.4) is 0 Å². The molecule has 1 unspecified atom stereocenters. The molecule has 0 saturated heterocycles. The van der Waals surface area contributed by atoms with Crippen molar-refractivity contribution >= 4 is 22.9 Å². The summed E-state index contributed by atoms with van der Waals surface area (Å²) >= 11 is 1.57. The molecule has 0 fully saturated rings. The summed E-state index contributed by atoms with van der Waals surface area (Å²) in [5.41, 5.74) is 6.75. The van der Waals surface area contributed by atoms with Crippen molar-refractivity contribution in [3.63, 3.8) is 0 Å². The standard InChI is InChI=1S/C14H17N3O2S/c1-8-7-16-14(20-8)9(2)17-13(18)10-4-5-12(19-3)11(15)6-10/h4-7,9H,15H2,1-3H3,(H,17,18). The van der Waals surface area contributed by atoms with Crippen LogP contribution in [0.2, 0.25) is 0 Å². The maximum Gasteiger partial charge on any atom is 0.251 e. The Balaban J connectivity index is 2.10. The Hall–Kier alpha value is -2.08. The van der Waals surface area contributed by atoms with Crippen molar-refractivity contribution in [1.82, 2.24) is 10.3 Å². The smallest absolute Gasteiger partial charge is 0.251 e. The molecule has 20 heavy (non-hydrogen) atoms. The number of nitrogens with one attached hydrogen (secondary N) is 1. The van der Waals surface area contributed by atoms with Gasteiger partial charge in [0.25, 0.3) is 5.91 Å². The molecule has 0 bridgehead atoms. The van der Waals surface area contributed by atoms with Crippen LogP contribution in [-0.2, 0) is 0 Å². The normalized spacial score (nSPS) is 11.9. The molecular formula is C14H17N3O2S. The molecule has 3 N–H and O–H groups in total. The Morgan fingerprint density at radius 2 is 2.25 bits per heavy atom. The van der Waals surface area contributed by atoms with Crippen molar-refractivity contribution < 1.29 is 9.53 Å². The number of hydrogen-bond acceptors (Lipinski definition) is 5. The van der Waals surface area contributed by atoms with Crippen LogP contribution in [0.5, 0.6) is 5.75 Å². The lowest BCUT2D eigenvalue weighted by Gasteiger charge is -2.12. The van der Waals surface area contributed by atoms with Crippen LogP contribution < -0.4 is 15.8 Å². The molecule has 1 aromatic heterocycles. The van der Waals surface area contributed by atoms with E-state index in [1.54, 1.807) is 35.7 Å². The Kier molecular flexibility index (Phi) is 4.24. The van der Waals surface area contributed by atoms with Crippen molar-refractivity contribution in [3.05, 3.63) is 39.8 Å². The molecule has 1 atom stereocenters. The van der Waals surface area contributed by atoms with Gasteiger partial charge in [0.05, 0.1) is 18.8 Å². The van der Waals surface area contributed by atoms with Gasteiger partial charge in [0.1, 0.15) is 10.8 Å². The first-order valence-corrected chi connectivity index (χ1v) is 6.99. The Bertz CT molecular complexity index is 625. The van der Waals surface area contributed by atoms with Gasteiger partial charge in [-0.15, -0.1) is 11.3 Å². The van der Waals surface area contributed by atoms with Crippen LogP contribution in [0.1, 0.15) is 33.2 Å². The summed E-state index contributed by atoms with van der Waals surface area (Å²) in [6.45, 7) is 3.89. The quantitative estimate of drug-likeness (QED) is 0.849. The topological polar surface area (TPSA) is 77.2 Å². The lowest BCUT2D eigenvalue weighted by molar-refractivity contribution is 0.0940. The summed E-state index contributed by atoms with van der Waals surface area (Å²) in [5, 5.41) is 3.79. The summed E-state index contributed by atoms with van der Waals surface area (Å²) in [7, 11) is 1.54. The van der Waals surface area contributed by atoms with Crippen LogP contribution in [0.25, 0.3) is 0 Å². The molecule has 2 rings (SSSR count). The van der Waals surface area contributed by atoms with Crippen LogP contribution in [0, 0.1) is 6.92 Å². The molecule has 1 heterocycles. The molecule has 0 aliphatic rings. The molecule has 5 nitrogen and oxygen atoms in total. The van der Waals surface area contributed by atoms with E-state index in [0.717, 1.165) is 9.88 Å². The number of benzene rings is 1. The third kappa shape index (κ3) is 3.08. The fraction of sp³-hybridized carbons (Fsp3) is 0.286. The Morgan fingerprint density at radius 1 is 1.50 bits per heavy atom. The minimum Gasteiger partial charge on any atom is -0.495 e. The molecular weight excluding hydrogens is 274 g/mol. The summed E-state index contributed by atoms with van der Waals surface area (Å²) in [4.78, 5) is 17.5. The van der Waals surface area contributed by atoms with Crippen molar-refractivity contribution in [2.45, 2.75) is 19.9 Å². The van der Waals surface area contributed by atoms with E-state index >= 15 is 0 Å². The van der Waals surface area contributed by atoms with Crippen molar-refractivity contribution in [2.75, 3.05) is 12.8 Å². The number of nitrogen functional groups attached to an aromatic ring is 1. The minimum atomic E-state index is -0.181. The molecule has 1 amide bonds. The molecule has 1 aromatic carbocycles. The number of aryl methyl sites for hydroxylation is 1. The summed E-state index contributed by atoms with van der Waals surface area (Å²) in [6.07, 6.45) is 1.80. The van der Waals surface area contributed by atoms with Crippen LogP contribution in [0.4, 0.5) is 5.69 Å². The average molecular weight is 291 g/mol. The predicted octanol–water partition coefficient (Wildman–Crippen LogP) is 2.53. The Morgan fingerprint density at radius 3 is 2.80 bits per heavy atom.